The van der Waals surface area contributed by atoms with E-state index in [-0.39, 0.29) is 11.6 Å². The highest BCUT2D eigenvalue weighted by molar-refractivity contribution is 7.17. The number of thiophene rings is 1. The van der Waals surface area contributed by atoms with E-state index in [2.05, 4.69) is 48.6 Å². The summed E-state index contributed by atoms with van der Waals surface area (Å²) in [6.07, 6.45) is 6.37. The monoisotopic (exact) mass is 288 g/mol. The Hall–Kier alpha value is -0.900. The number of benzene rings is 1. The minimum absolute atomic E-state index is 0.0974. The van der Waals surface area contributed by atoms with Gasteiger partial charge in [-0.3, -0.25) is 0 Å². The van der Waals surface area contributed by atoms with Crippen LogP contribution in [0, 0.1) is 0 Å². The zero-order chi connectivity index (χ0) is 14.2. The molecule has 0 spiro atoms. The van der Waals surface area contributed by atoms with Crippen LogP contribution in [0.2, 0.25) is 0 Å². The maximum absolute atomic E-state index is 6.80. The molecule has 1 saturated carbocycles. The summed E-state index contributed by atoms with van der Waals surface area (Å²) in [5.41, 5.74) is 8.24. The Morgan fingerprint density at radius 2 is 1.90 bits per heavy atom. The third kappa shape index (κ3) is 2.18. The van der Waals surface area contributed by atoms with Gasteiger partial charge < -0.3 is 10.6 Å². The van der Waals surface area contributed by atoms with E-state index < -0.39 is 0 Å². The first-order valence-electron chi connectivity index (χ1n) is 7.54. The molecule has 1 unspecified atom stereocenters. The summed E-state index contributed by atoms with van der Waals surface area (Å²) in [7, 11) is 4.39. The highest BCUT2D eigenvalue weighted by Crippen LogP contribution is 2.43. The van der Waals surface area contributed by atoms with Crippen molar-refractivity contribution in [1.29, 1.82) is 0 Å². The molecule has 3 heteroatoms. The molecule has 0 bridgehead atoms. The summed E-state index contributed by atoms with van der Waals surface area (Å²) in [5, 5.41) is 3.50. The molecule has 1 aliphatic carbocycles. The summed E-state index contributed by atoms with van der Waals surface area (Å²) in [6, 6.07) is 8.85. The molecular formula is C17H24N2S. The second-order valence-corrected chi connectivity index (χ2v) is 7.14. The minimum Gasteiger partial charge on any atom is -0.322 e. The molecule has 1 heterocycles. The SMILES string of the molecule is CN(C)C1(C(N)c2cccc3ccsc23)CCCCC1. The van der Waals surface area contributed by atoms with Crippen molar-refractivity contribution >= 4 is 21.4 Å². The molecule has 0 saturated heterocycles. The van der Waals surface area contributed by atoms with Crippen LogP contribution in [0.5, 0.6) is 0 Å². The highest BCUT2D eigenvalue weighted by atomic mass is 32.1. The van der Waals surface area contributed by atoms with E-state index in [0.717, 1.165) is 0 Å². The van der Waals surface area contributed by atoms with Crippen LogP contribution in [0.15, 0.2) is 29.6 Å². The third-order valence-electron chi connectivity index (χ3n) is 5.03. The van der Waals surface area contributed by atoms with Crippen LogP contribution in [0.1, 0.15) is 43.7 Å². The fourth-order valence-electron chi connectivity index (χ4n) is 3.75. The zero-order valence-electron chi connectivity index (χ0n) is 12.4. The number of hydrogen-bond donors (Lipinski definition) is 1. The summed E-state index contributed by atoms with van der Waals surface area (Å²) >= 11 is 1.82. The summed E-state index contributed by atoms with van der Waals surface area (Å²) in [6.45, 7) is 0. The van der Waals surface area contributed by atoms with Crippen LogP contribution in [0.4, 0.5) is 0 Å². The lowest BCUT2D eigenvalue weighted by Gasteiger charge is -2.47. The van der Waals surface area contributed by atoms with E-state index in [4.69, 9.17) is 5.73 Å². The van der Waals surface area contributed by atoms with Crippen LogP contribution in [-0.2, 0) is 0 Å². The maximum atomic E-state index is 6.80. The Morgan fingerprint density at radius 3 is 2.60 bits per heavy atom. The molecule has 0 amide bonds. The fraction of sp³-hybridized carbons (Fsp3) is 0.529. The Kier molecular flexibility index (Phi) is 3.85. The molecule has 20 heavy (non-hydrogen) atoms. The van der Waals surface area contributed by atoms with Crippen molar-refractivity contribution in [2.45, 2.75) is 43.7 Å². The van der Waals surface area contributed by atoms with E-state index in [1.54, 1.807) is 0 Å². The number of hydrogen-bond acceptors (Lipinski definition) is 3. The molecule has 1 aliphatic rings. The number of nitrogens with zero attached hydrogens (tertiary/aromatic N) is 1. The van der Waals surface area contributed by atoms with Gasteiger partial charge in [-0.25, -0.2) is 0 Å². The second-order valence-electron chi connectivity index (χ2n) is 6.22. The van der Waals surface area contributed by atoms with Gasteiger partial charge in [-0.15, -0.1) is 11.3 Å². The molecule has 3 rings (SSSR count). The molecule has 1 aromatic carbocycles. The second kappa shape index (κ2) is 5.47. The van der Waals surface area contributed by atoms with Crippen molar-refractivity contribution in [3.63, 3.8) is 0 Å². The summed E-state index contributed by atoms with van der Waals surface area (Å²) in [5.74, 6) is 0. The normalized spacial score (nSPS) is 20.4. The number of rotatable bonds is 3. The molecule has 0 radical (unpaired) electrons. The first-order chi connectivity index (χ1) is 9.65. The summed E-state index contributed by atoms with van der Waals surface area (Å²) in [4.78, 5) is 2.38. The number of likely N-dealkylation sites (N-methyl/N-ethyl adjacent to an activating group) is 1. The molecule has 2 aromatic rings. The standard InChI is InChI=1S/C17H24N2S/c1-19(2)17(10-4-3-5-11-17)16(18)14-8-6-7-13-9-12-20-15(13)14/h6-9,12,16H,3-5,10-11,18H2,1-2H3. The molecule has 1 fully saturated rings. The van der Waals surface area contributed by atoms with Crippen molar-refractivity contribution in [2.24, 2.45) is 5.73 Å². The van der Waals surface area contributed by atoms with E-state index in [0.29, 0.717) is 0 Å². The predicted molar refractivity (Wildman–Crippen MR) is 88.3 cm³/mol. The molecular weight excluding hydrogens is 264 g/mol. The Bertz CT molecular complexity index is 581. The quantitative estimate of drug-likeness (QED) is 0.918. The van der Waals surface area contributed by atoms with Gasteiger partial charge in [-0.1, -0.05) is 37.5 Å². The topological polar surface area (TPSA) is 29.3 Å². The molecule has 2 nitrogen and oxygen atoms in total. The zero-order valence-corrected chi connectivity index (χ0v) is 13.2. The largest absolute Gasteiger partial charge is 0.322 e. The molecule has 1 atom stereocenters. The number of nitrogens with two attached hydrogens (primary N) is 1. The van der Waals surface area contributed by atoms with E-state index in [1.165, 1.54) is 47.8 Å². The van der Waals surface area contributed by atoms with Crippen LogP contribution < -0.4 is 5.73 Å². The van der Waals surface area contributed by atoms with Crippen molar-refractivity contribution < 1.29 is 0 Å². The van der Waals surface area contributed by atoms with Gasteiger partial charge in [0.2, 0.25) is 0 Å². The van der Waals surface area contributed by atoms with Crippen LogP contribution in [0.25, 0.3) is 10.1 Å². The molecule has 1 aromatic heterocycles. The lowest BCUT2D eigenvalue weighted by Crippen LogP contribution is -2.53. The van der Waals surface area contributed by atoms with E-state index in [9.17, 15) is 0 Å². The van der Waals surface area contributed by atoms with Crippen LogP contribution in [0.3, 0.4) is 0 Å². The van der Waals surface area contributed by atoms with Gasteiger partial charge in [0.25, 0.3) is 0 Å². The van der Waals surface area contributed by atoms with Crippen molar-refractivity contribution in [3.8, 4) is 0 Å². The number of fused-ring (bicyclic) bond motifs is 1. The first-order valence-corrected chi connectivity index (χ1v) is 8.42. The van der Waals surface area contributed by atoms with Crippen molar-refractivity contribution in [3.05, 3.63) is 35.2 Å². The average molecular weight is 288 g/mol. The Labute approximate surface area is 125 Å². The first kappa shape index (κ1) is 14.1. The Morgan fingerprint density at radius 1 is 1.15 bits per heavy atom. The van der Waals surface area contributed by atoms with Crippen molar-refractivity contribution in [2.75, 3.05) is 14.1 Å². The average Bonchev–Trinajstić information content (AvgIpc) is 2.95. The van der Waals surface area contributed by atoms with Gasteiger partial charge in [0, 0.05) is 16.3 Å². The van der Waals surface area contributed by atoms with E-state index in [1.807, 2.05) is 11.3 Å². The smallest absolute Gasteiger partial charge is 0.0496 e. The lowest BCUT2D eigenvalue weighted by atomic mass is 9.73. The lowest BCUT2D eigenvalue weighted by molar-refractivity contribution is 0.0719. The van der Waals surface area contributed by atoms with Crippen molar-refractivity contribution in [1.82, 2.24) is 4.90 Å². The Balaban J connectivity index is 2.05. The molecule has 2 N–H and O–H groups in total. The highest BCUT2D eigenvalue weighted by Gasteiger charge is 2.41. The molecule has 108 valence electrons. The predicted octanol–water partition coefficient (Wildman–Crippen LogP) is 4.17. The third-order valence-corrected chi connectivity index (χ3v) is 6.01. The molecule has 0 aliphatic heterocycles. The van der Waals surface area contributed by atoms with E-state index >= 15 is 0 Å². The van der Waals surface area contributed by atoms with Crippen LogP contribution in [-0.4, -0.2) is 24.5 Å². The van der Waals surface area contributed by atoms with Gasteiger partial charge in [0.1, 0.15) is 0 Å². The fourth-order valence-corrected chi connectivity index (χ4v) is 4.70. The van der Waals surface area contributed by atoms with Gasteiger partial charge in [0.15, 0.2) is 0 Å². The van der Waals surface area contributed by atoms with Gasteiger partial charge in [0.05, 0.1) is 0 Å². The summed E-state index contributed by atoms with van der Waals surface area (Å²) < 4.78 is 1.37. The minimum atomic E-state index is 0.0974. The van der Waals surface area contributed by atoms with Crippen LogP contribution >= 0.6 is 11.3 Å². The van der Waals surface area contributed by atoms with Gasteiger partial charge in [-0.2, -0.15) is 0 Å². The van der Waals surface area contributed by atoms with Gasteiger partial charge >= 0.3 is 0 Å². The van der Waals surface area contributed by atoms with Gasteiger partial charge in [-0.05, 0) is 49.3 Å². The maximum Gasteiger partial charge on any atom is 0.0496 e.